The van der Waals surface area contributed by atoms with Crippen LogP contribution in [0, 0.1) is 11.3 Å². The van der Waals surface area contributed by atoms with Gasteiger partial charge in [0.1, 0.15) is 12.1 Å². The van der Waals surface area contributed by atoms with Crippen molar-refractivity contribution in [2.45, 2.75) is 39.5 Å². The highest BCUT2D eigenvalue weighted by atomic mass is 19.4. The number of ether oxygens (including phenoxy) is 1. The first-order chi connectivity index (χ1) is 10.5. The Kier molecular flexibility index (Phi) is 5.65. The van der Waals surface area contributed by atoms with Gasteiger partial charge in [0.05, 0.1) is 17.2 Å². The Morgan fingerprint density at radius 3 is 2.35 bits per heavy atom. The Morgan fingerprint density at radius 1 is 1.30 bits per heavy atom. The summed E-state index contributed by atoms with van der Waals surface area (Å²) in [6.45, 7) is 7.01. The number of likely N-dealkylation sites (N-methyl/N-ethyl adjacent to an activating group) is 1. The average molecular weight is 328 g/mol. The lowest BCUT2D eigenvalue weighted by atomic mass is 10.1. The van der Waals surface area contributed by atoms with Gasteiger partial charge in [0, 0.05) is 12.2 Å². The minimum Gasteiger partial charge on any atom is -0.459 e. The first-order valence-electron chi connectivity index (χ1n) is 7.06. The second-order valence-electron chi connectivity index (χ2n) is 5.94. The monoisotopic (exact) mass is 328 g/mol. The Labute approximate surface area is 133 Å². The molecule has 0 N–H and O–H groups in total. The number of hydrogen-bond donors (Lipinski definition) is 0. The number of nitriles is 1. The lowest BCUT2D eigenvalue weighted by Gasteiger charge is -2.26. The van der Waals surface area contributed by atoms with Gasteiger partial charge in [0.25, 0.3) is 0 Å². The molecule has 0 aromatic heterocycles. The van der Waals surface area contributed by atoms with Gasteiger partial charge in [-0.25, -0.2) is 0 Å². The molecule has 1 aromatic carbocycles. The topological polar surface area (TPSA) is 53.3 Å². The summed E-state index contributed by atoms with van der Waals surface area (Å²) in [4.78, 5) is 13.3. The summed E-state index contributed by atoms with van der Waals surface area (Å²) >= 11 is 0. The molecule has 0 amide bonds. The third-order valence-corrected chi connectivity index (χ3v) is 2.92. The van der Waals surface area contributed by atoms with E-state index in [0.29, 0.717) is 6.54 Å². The summed E-state index contributed by atoms with van der Waals surface area (Å²) in [5, 5.41) is 8.80. The molecule has 0 aliphatic rings. The van der Waals surface area contributed by atoms with E-state index in [1.54, 1.807) is 27.7 Å². The maximum atomic E-state index is 13.0. The molecule has 0 unspecified atom stereocenters. The molecule has 0 heterocycles. The number of halogens is 3. The van der Waals surface area contributed by atoms with Crippen molar-refractivity contribution in [3.63, 3.8) is 0 Å². The lowest BCUT2D eigenvalue weighted by molar-refractivity contribution is -0.153. The van der Waals surface area contributed by atoms with Gasteiger partial charge in [-0.3, -0.25) is 4.79 Å². The molecule has 0 saturated carbocycles. The molecule has 0 spiro atoms. The maximum Gasteiger partial charge on any atom is 0.417 e. The molecule has 126 valence electrons. The first-order valence-corrected chi connectivity index (χ1v) is 7.06. The fourth-order valence-electron chi connectivity index (χ4n) is 1.98. The number of nitrogens with zero attached hydrogens (tertiary/aromatic N) is 2. The molecule has 7 heteroatoms. The van der Waals surface area contributed by atoms with Crippen molar-refractivity contribution >= 4 is 11.7 Å². The SMILES string of the molecule is CCN(CC(=O)OC(C)(C)C)c1ccc(C#N)c(C(F)(F)F)c1. The zero-order chi connectivity index (χ0) is 17.8. The molecule has 0 bridgehead atoms. The quantitative estimate of drug-likeness (QED) is 0.790. The van der Waals surface area contributed by atoms with Crippen molar-refractivity contribution in [3.05, 3.63) is 29.3 Å². The fraction of sp³-hybridized carbons (Fsp3) is 0.500. The van der Waals surface area contributed by atoms with E-state index in [1.165, 1.54) is 17.0 Å². The predicted molar refractivity (Wildman–Crippen MR) is 79.9 cm³/mol. The second kappa shape index (κ2) is 6.90. The summed E-state index contributed by atoms with van der Waals surface area (Å²) in [5.74, 6) is -0.530. The molecule has 0 atom stereocenters. The number of hydrogen-bond acceptors (Lipinski definition) is 4. The Bertz CT molecular complexity index is 613. The van der Waals surface area contributed by atoms with Crippen molar-refractivity contribution < 1.29 is 22.7 Å². The smallest absolute Gasteiger partial charge is 0.417 e. The highest BCUT2D eigenvalue weighted by Gasteiger charge is 2.34. The highest BCUT2D eigenvalue weighted by molar-refractivity contribution is 5.76. The van der Waals surface area contributed by atoms with Gasteiger partial charge in [-0.2, -0.15) is 18.4 Å². The van der Waals surface area contributed by atoms with E-state index in [4.69, 9.17) is 10.00 Å². The van der Waals surface area contributed by atoms with E-state index in [0.717, 1.165) is 12.1 Å². The molecule has 4 nitrogen and oxygen atoms in total. The summed E-state index contributed by atoms with van der Waals surface area (Å²) in [6, 6.07) is 4.91. The van der Waals surface area contributed by atoms with Crippen LogP contribution in [0.2, 0.25) is 0 Å². The number of alkyl halides is 3. The van der Waals surface area contributed by atoms with E-state index in [9.17, 15) is 18.0 Å². The maximum absolute atomic E-state index is 13.0. The number of rotatable bonds is 4. The van der Waals surface area contributed by atoms with Crippen LogP contribution >= 0.6 is 0 Å². The zero-order valence-corrected chi connectivity index (χ0v) is 13.5. The van der Waals surface area contributed by atoms with Gasteiger partial charge in [-0.1, -0.05) is 0 Å². The van der Waals surface area contributed by atoms with Gasteiger partial charge < -0.3 is 9.64 Å². The van der Waals surface area contributed by atoms with Crippen molar-refractivity contribution in [2.75, 3.05) is 18.0 Å². The van der Waals surface area contributed by atoms with Gasteiger partial charge in [0.15, 0.2) is 0 Å². The molecular weight excluding hydrogens is 309 g/mol. The Hall–Kier alpha value is -2.23. The van der Waals surface area contributed by atoms with Crippen LogP contribution in [-0.2, 0) is 15.7 Å². The number of anilines is 1. The van der Waals surface area contributed by atoms with E-state index < -0.39 is 28.9 Å². The second-order valence-corrected chi connectivity index (χ2v) is 5.94. The van der Waals surface area contributed by atoms with E-state index in [1.807, 2.05) is 0 Å². The number of benzene rings is 1. The summed E-state index contributed by atoms with van der Waals surface area (Å²) in [5.41, 5.74) is -1.92. The highest BCUT2D eigenvalue weighted by Crippen LogP contribution is 2.34. The van der Waals surface area contributed by atoms with Crippen LogP contribution in [-0.4, -0.2) is 24.7 Å². The van der Waals surface area contributed by atoms with Crippen LogP contribution in [0.3, 0.4) is 0 Å². The van der Waals surface area contributed by atoms with Gasteiger partial charge in [-0.05, 0) is 45.9 Å². The third kappa shape index (κ3) is 5.47. The molecule has 0 aliphatic carbocycles. The molecular formula is C16H19F3N2O2. The molecule has 0 radical (unpaired) electrons. The minimum absolute atomic E-state index is 0.170. The summed E-state index contributed by atoms with van der Waals surface area (Å²) in [7, 11) is 0. The van der Waals surface area contributed by atoms with Crippen molar-refractivity contribution in [1.82, 2.24) is 0 Å². The first kappa shape index (κ1) is 18.8. The van der Waals surface area contributed by atoms with Crippen LogP contribution in [0.1, 0.15) is 38.8 Å². The van der Waals surface area contributed by atoms with Gasteiger partial charge in [-0.15, -0.1) is 0 Å². The summed E-state index contributed by atoms with van der Waals surface area (Å²) in [6.07, 6.45) is -4.63. The standard InChI is InChI=1S/C16H19F3N2O2/c1-5-21(10-14(22)23-15(2,3)4)12-7-6-11(9-20)13(8-12)16(17,18)19/h6-8H,5,10H2,1-4H3. The number of carbonyl (C=O) groups is 1. The molecule has 0 aliphatic heterocycles. The van der Waals surface area contributed by atoms with Gasteiger partial charge >= 0.3 is 12.1 Å². The van der Waals surface area contributed by atoms with E-state index >= 15 is 0 Å². The van der Waals surface area contributed by atoms with Crippen LogP contribution in [0.15, 0.2) is 18.2 Å². The molecule has 1 aromatic rings. The number of esters is 1. The van der Waals surface area contributed by atoms with E-state index in [-0.39, 0.29) is 12.2 Å². The van der Waals surface area contributed by atoms with Crippen molar-refractivity contribution in [1.29, 1.82) is 5.26 Å². The van der Waals surface area contributed by atoms with Gasteiger partial charge in [0.2, 0.25) is 0 Å². The van der Waals surface area contributed by atoms with E-state index in [2.05, 4.69) is 0 Å². The Balaban J connectivity index is 3.08. The summed E-state index contributed by atoms with van der Waals surface area (Å²) < 4.78 is 44.2. The largest absolute Gasteiger partial charge is 0.459 e. The Morgan fingerprint density at radius 2 is 1.91 bits per heavy atom. The van der Waals surface area contributed by atoms with Crippen molar-refractivity contribution in [3.8, 4) is 6.07 Å². The molecule has 0 fully saturated rings. The zero-order valence-electron chi connectivity index (χ0n) is 13.5. The molecule has 1 rings (SSSR count). The minimum atomic E-state index is -4.63. The van der Waals surface area contributed by atoms with Crippen LogP contribution in [0.4, 0.5) is 18.9 Å². The fourth-order valence-corrected chi connectivity index (χ4v) is 1.98. The predicted octanol–water partition coefficient (Wildman–Crippen LogP) is 3.75. The van der Waals surface area contributed by atoms with Crippen molar-refractivity contribution in [2.24, 2.45) is 0 Å². The van der Waals surface area contributed by atoms with Crippen LogP contribution in [0.5, 0.6) is 0 Å². The lowest BCUT2D eigenvalue weighted by Crippen LogP contribution is -2.35. The average Bonchev–Trinajstić information content (AvgIpc) is 2.41. The van der Waals surface area contributed by atoms with Crippen LogP contribution < -0.4 is 4.90 Å². The molecule has 0 saturated heterocycles. The number of carbonyl (C=O) groups excluding carboxylic acids is 1. The van der Waals surface area contributed by atoms with Crippen LogP contribution in [0.25, 0.3) is 0 Å². The molecule has 23 heavy (non-hydrogen) atoms. The third-order valence-electron chi connectivity index (χ3n) is 2.92. The normalized spacial score (nSPS) is 11.7.